The molecule has 7 nitrogen and oxygen atoms in total. The predicted octanol–water partition coefficient (Wildman–Crippen LogP) is 1.26. The summed E-state index contributed by atoms with van der Waals surface area (Å²) in [6.07, 6.45) is 1.79. The average Bonchev–Trinajstić information content (AvgIpc) is 2.52. The molecule has 0 bridgehead atoms. The Kier molecular flexibility index (Phi) is 7.18. The number of hydrogen-bond donors (Lipinski definition) is 0. The van der Waals surface area contributed by atoms with E-state index in [-0.39, 0.29) is 6.61 Å². The molecule has 0 saturated carbocycles. The number of hydrogen-bond acceptors (Lipinski definition) is 7. The first-order valence-corrected chi connectivity index (χ1v) is 6.41. The van der Waals surface area contributed by atoms with Gasteiger partial charge in [-0.3, -0.25) is 0 Å². The van der Waals surface area contributed by atoms with Crippen molar-refractivity contribution >= 4 is 17.9 Å². The third-order valence-corrected chi connectivity index (χ3v) is 2.27. The Labute approximate surface area is 127 Å². The van der Waals surface area contributed by atoms with Crippen LogP contribution in [0.4, 0.5) is 0 Å². The molecule has 1 aromatic rings. The van der Waals surface area contributed by atoms with Crippen molar-refractivity contribution in [2.24, 2.45) is 0 Å². The lowest BCUT2D eigenvalue weighted by Crippen LogP contribution is -2.18. The van der Waals surface area contributed by atoms with Gasteiger partial charge in [0.25, 0.3) is 0 Å². The second-order valence-electron chi connectivity index (χ2n) is 3.84. The van der Waals surface area contributed by atoms with Crippen LogP contribution in [0.15, 0.2) is 36.4 Å². The van der Waals surface area contributed by atoms with E-state index in [4.69, 9.17) is 9.47 Å². The van der Waals surface area contributed by atoms with Gasteiger partial charge < -0.3 is 18.9 Å². The molecular formula is C15H16O7. The van der Waals surface area contributed by atoms with E-state index in [1.165, 1.54) is 7.11 Å². The fourth-order valence-electron chi connectivity index (χ4n) is 1.31. The summed E-state index contributed by atoms with van der Waals surface area (Å²) in [5.41, 5.74) is 0. The van der Waals surface area contributed by atoms with Crippen LogP contribution in [0.25, 0.3) is 0 Å². The Morgan fingerprint density at radius 2 is 1.50 bits per heavy atom. The first kappa shape index (κ1) is 17.2. The molecule has 118 valence electrons. The molecule has 0 spiro atoms. The van der Waals surface area contributed by atoms with E-state index in [0.717, 1.165) is 12.2 Å². The Hall–Kier alpha value is -2.83. The highest BCUT2D eigenvalue weighted by Crippen LogP contribution is 2.16. The molecule has 0 saturated heterocycles. The molecule has 0 N–H and O–H groups in total. The van der Waals surface area contributed by atoms with Crippen molar-refractivity contribution in [2.45, 2.75) is 6.92 Å². The fourth-order valence-corrected chi connectivity index (χ4v) is 1.31. The van der Waals surface area contributed by atoms with E-state index in [9.17, 15) is 14.4 Å². The van der Waals surface area contributed by atoms with Gasteiger partial charge in [-0.1, -0.05) is 0 Å². The summed E-state index contributed by atoms with van der Waals surface area (Å²) in [7, 11) is 1.52. The maximum atomic E-state index is 11.5. The quantitative estimate of drug-likeness (QED) is 0.425. The Morgan fingerprint density at radius 1 is 0.955 bits per heavy atom. The van der Waals surface area contributed by atoms with E-state index >= 15 is 0 Å². The summed E-state index contributed by atoms with van der Waals surface area (Å²) in [5.74, 6) is -1.35. The largest absolute Gasteiger partial charge is 0.497 e. The topological polar surface area (TPSA) is 88.1 Å². The van der Waals surface area contributed by atoms with Crippen molar-refractivity contribution in [1.29, 1.82) is 0 Å². The van der Waals surface area contributed by atoms with Crippen molar-refractivity contribution in [3.63, 3.8) is 0 Å². The third-order valence-electron chi connectivity index (χ3n) is 2.27. The van der Waals surface area contributed by atoms with Gasteiger partial charge in [0.2, 0.25) is 0 Å². The maximum Gasteiger partial charge on any atom is 0.349 e. The van der Waals surface area contributed by atoms with Gasteiger partial charge in [-0.2, -0.15) is 0 Å². The number of rotatable bonds is 7. The molecule has 1 aromatic carbocycles. The summed E-state index contributed by atoms with van der Waals surface area (Å²) >= 11 is 0. The molecule has 0 aliphatic heterocycles. The Morgan fingerprint density at radius 3 is 2.05 bits per heavy atom. The van der Waals surface area contributed by atoms with Crippen molar-refractivity contribution < 1.29 is 33.3 Å². The zero-order valence-corrected chi connectivity index (χ0v) is 12.2. The summed E-state index contributed by atoms with van der Waals surface area (Å²) in [5, 5.41) is 0. The summed E-state index contributed by atoms with van der Waals surface area (Å²) in [6.45, 7) is 1.27. The van der Waals surface area contributed by atoms with Crippen LogP contribution in [0.3, 0.4) is 0 Å². The van der Waals surface area contributed by atoms with Gasteiger partial charge in [-0.05, 0) is 31.2 Å². The van der Waals surface area contributed by atoms with Crippen LogP contribution in [0.1, 0.15) is 6.92 Å². The van der Waals surface area contributed by atoms with Crippen LogP contribution in [-0.2, 0) is 23.9 Å². The number of carbonyl (C=O) groups is 3. The minimum Gasteiger partial charge on any atom is -0.497 e. The molecule has 0 heterocycles. The van der Waals surface area contributed by atoms with E-state index in [2.05, 4.69) is 9.47 Å². The lowest BCUT2D eigenvalue weighted by Gasteiger charge is -2.05. The van der Waals surface area contributed by atoms with Crippen molar-refractivity contribution in [2.75, 3.05) is 20.3 Å². The summed E-state index contributed by atoms with van der Waals surface area (Å²) < 4.78 is 19.1. The Balaban J connectivity index is 2.35. The predicted molar refractivity (Wildman–Crippen MR) is 75.4 cm³/mol. The second-order valence-corrected chi connectivity index (χ2v) is 3.84. The van der Waals surface area contributed by atoms with Gasteiger partial charge in [0.1, 0.15) is 11.5 Å². The Bertz CT molecular complexity index is 546. The maximum absolute atomic E-state index is 11.5. The lowest BCUT2D eigenvalue weighted by atomic mass is 10.3. The van der Waals surface area contributed by atoms with Crippen LogP contribution in [-0.4, -0.2) is 38.2 Å². The first-order chi connectivity index (χ1) is 10.5. The zero-order valence-electron chi connectivity index (χ0n) is 12.2. The van der Waals surface area contributed by atoms with E-state index in [0.29, 0.717) is 11.5 Å². The van der Waals surface area contributed by atoms with Gasteiger partial charge in [0.15, 0.2) is 6.61 Å². The third kappa shape index (κ3) is 6.56. The number of carbonyl (C=O) groups excluding carboxylic acids is 3. The summed E-state index contributed by atoms with van der Waals surface area (Å²) in [6, 6.07) is 6.33. The smallest absolute Gasteiger partial charge is 0.349 e. The van der Waals surface area contributed by atoms with Gasteiger partial charge in [0, 0.05) is 12.2 Å². The highest BCUT2D eigenvalue weighted by molar-refractivity contribution is 5.92. The molecule has 0 aliphatic carbocycles. The second kappa shape index (κ2) is 9.17. The average molecular weight is 308 g/mol. The van der Waals surface area contributed by atoms with Crippen molar-refractivity contribution in [3.8, 4) is 11.5 Å². The van der Waals surface area contributed by atoms with Crippen molar-refractivity contribution in [1.82, 2.24) is 0 Å². The monoisotopic (exact) mass is 308 g/mol. The number of benzene rings is 1. The van der Waals surface area contributed by atoms with Crippen molar-refractivity contribution in [3.05, 3.63) is 36.4 Å². The fraction of sp³-hybridized carbons (Fsp3) is 0.267. The molecule has 0 unspecified atom stereocenters. The molecular weight excluding hydrogens is 292 g/mol. The number of methoxy groups -OCH3 is 1. The van der Waals surface area contributed by atoms with E-state index < -0.39 is 24.5 Å². The minimum atomic E-state index is -0.847. The van der Waals surface area contributed by atoms with Gasteiger partial charge in [-0.25, -0.2) is 14.4 Å². The SMILES string of the molecule is CCOC(=O)/C=C\C(=O)OCC(=O)Oc1ccc(OC)cc1. The van der Waals surface area contributed by atoms with E-state index in [1.807, 2.05) is 0 Å². The van der Waals surface area contributed by atoms with Gasteiger partial charge in [-0.15, -0.1) is 0 Å². The normalized spacial score (nSPS) is 10.1. The standard InChI is InChI=1S/C15H16O7/c1-3-20-13(16)8-9-14(17)21-10-15(18)22-12-6-4-11(19-2)5-7-12/h4-9H,3,10H2,1-2H3/b9-8-. The molecule has 0 radical (unpaired) electrons. The van der Waals surface area contributed by atoms with Gasteiger partial charge in [0.05, 0.1) is 13.7 Å². The highest BCUT2D eigenvalue weighted by atomic mass is 16.6. The molecule has 0 aromatic heterocycles. The first-order valence-electron chi connectivity index (χ1n) is 6.41. The lowest BCUT2D eigenvalue weighted by molar-refractivity contribution is -0.150. The van der Waals surface area contributed by atoms with Crippen LogP contribution < -0.4 is 9.47 Å². The molecule has 7 heteroatoms. The van der Waals surface area contributed by atoms with Crippen LogP contribution in [0.5, 0.6) is 11.5 Å². The molecule has 0 amide bonds. The number of ether oxygens (including phenoxy) is 4. The molecule has 22 heavy (non-hydrogen) atoms. The summed E-state index contributed by atoms with van der Waals surface area (Å²) in [4.78, 5) is 33.7. The van der Waals surface area contributed by atoms with Crippen LogP contribution in [0, 0.1) is 0 Å². The van der Waals surface area contributed by atoms with Crippen LogP contribution in [0.2, 0.25) is 0 Å². The van der Waals surface area contributed by atoms with E-state index in [1.54, 1.807) is 31.2 Å². The molecule has 0 fully saturated rings. The molecule has 0 atom stereocenters. The molecule has 0 aliphatic rings. The zero-order chi connectivity index (χ0) is 16.4. The number of esters is 3. The van der Waals surface area contributed by atoms with Crippen LogP contribution >= 0.6 is 0 Å². The molecule has 1 rings (SSSR count). The highest BCUT2D eigenvalue weighted by Gasteiger charge is 2.08. The minimum absolute atomic E-state index is 0.201. The van der Waals surface area contributed by atoms with Gasteiger partial charge >= 0.3 is 17.9 Å².